The van der Waals surface area contributed by atoms with Crippen LogP contribution in [0.3, 0.4) is 0 Å². The van der Waals surface area contributed by atoms with Crippen LogP contribution in [0.25, 0.3) is 55.8 Å². The first kappa shape index (κ1) is 25.0. The van der Waals surface area contributed by atoms with Gasteiger partial charge in [-0.2, -0.15) is 5.10 Å². The fraction of sp³-hybridized carbons (Fsp3) is 0.194. The van der Waals surface area contributed by atoms with E-state index < -0.39 is 5.82 Å². The number of carbonyl (C=O) groups is 1. The summed E-state index contributed by atoms with van der Waals surface area (Å²) in [6, 6.07) is 12.9. The maximum absolute atomic E-state index is 16.2. The summed E-state index contributed by atoms with van der Waals surface area (Å²) in [6.07, 6.45) is 9.84. The highest BCUT2D eigenvalue weighted by Crippen LogP contribution is 2.35. The van der Waals surface area contributed by atoms with E-state index in [-0.39, 0.29) is 23.0 Å². The minimum absolute atomic E-state index is 0.00318. The van der Waals surface area contributed by atoms with Gasteiger partial charge in [0.2, 0.25) is 5.91 Å². The molecule has 4 heterocycles. The summed E-state index contributed by atoms with van der Waals surface area (Å²) < 4.78 is 29.7. The number of aromatic amines is 2. The zero-order valence-corrected chi connectivity index (χ0v) is 21.9. The third-order valence-corrected chi connectivity index (χ3v) is 7.70. The quantitative estimate of drug-likeness (QED) is 0.214. The second kappa shape index (κ2) is 10.2. The van der Waals surface area contributed by atoms with Gasteiger partial charge in [0, 0.05) is 35.0 Å². The molecular formula is C31H25F2N7O. The van der Waals surface area contributed by atoms with E-state index >= 15 is 4.39 Å². The monoisotopic (exact) mass is 549 g/mol. The molecule has 0 radical (unpaired) electrons. The summed E-state index contributed by atoms with van der Waals surface area (Å²) >= 11 is 0. The Bertz CT molecular complexity index is 1910. The molecule has 8 nitrogen and oxygen atoms in total. The number of benzene rings is 2. The molecule has 0 unspecified atom stereocenters. The highest BCUT2D eigenvalue weighted by Gasteiger charge is 2.23. The van der Waals surface area contributed by atoms with Crippen molar-refractivity contribution in [3.05, 3.63) is 78.8 Å². The minimum Gasteiger partial charge on any atom is -0.336 e. The molecule has 1 saturated carbocycles. The van der Waals surface area contributed by atoms with E-state index in [1.54, 1.807) is 55.0 Å². The third kappa shape index (κ3) is 4.61. The average molecular weight is 550 g/mol. The van der Waals surface area contributed by atoms with Gasteiger partial charge < -0.3 is 10.3 Å². The standard InChI is InChI=1S/C31H25F2N7O/c32-20-8-6-17(7-9-20)27-28-24(12-13-35-27)37-30(38-28)29-25-23(39-40-29)11-10-22(26(25)33)19-14-21(16-34-15-19)36-31(41)18-4-2-1-3-5-18/h6-16,18H,1-5H2,(H,36,41)(H,37,38)(H,39,40). The van der Waals surface area contributed by atoms with Gasteiger partial charge in [0.15, 0.2) is 5.82 Å². The predicted octanol–water partition coefficient (Wildman–Crippen LogP) is 7.03. The Morgan fingerprint density at radius 2 is 1.73 bits per heavy atom. The van der Waals surface area contributed by atoms with E-state index in [0.717, 1.165) is 25.7 Å². The lowest BCUT2D eigenvalue weighted by atomic mass is 9.88. The molecule has 204 valence electrons. The number of pyridine rings is 2. The maximum atomic E-state index is 16.2. The smallest absolute Gasteiger partial charge is 0.227 e. The molecule has 1 aliphatic carbocycles. The summed E-state index contributed by atoms with van der Waals surface area (Å²) in [4.78, 5) is 29.4. The third-order valence-electron chi connectivity index (χ3n) is 7.70. The van der Waals surface area contributed by atoms with Crippen LogP contribution in [0.1, 0.15) is 32.1 Å². The van der Waals surface area contributed by atoms with Crippen molar-refractivity contribution in [2.24, 2.45) is 5.92 Å². The Hall–Kier alpha value is -4.99. The van der Waals surface area contributed by atoms with Crippen LogP contribution in [0.2, 0.25) is 0 Å². The zero-order chi connectivity index (χ0) is 27.9. The van der Waals surface area contributed by atoms with Crippen molar-refractivity contribution < 1.29 is 13.6 Å². The first-order valence-corrected chi connectivity index (χ1v) is 13.6. The molecule has 0 bridgehead atoms. The van der Waals surface area contributed by atoms with Gasteiger partial charge in [0.1, 0.15) is 22.8 Å². The van der Waals surface area contributed by atoms with Crippen LogP contribution >= 0.6 is 0 Å². The number of amides is 1. The maximum Gasteiger partial charge on any atom is 0.227 e. The lowest BCUT2D eigenvalue weighted by Gasteiger charge is -2.20. The van der Waals surface area contributed by atoms with Gasteiger partial charge in [-0.15, -0.1) is 0 Å². The van der Waals surface area contributed by atoms with Gasteiger partial charge in [-0.05, 0) is 61.4 Å². The Labute approximate surface area is 233 Å². The van der Waals surface area contributed by atoms with Crippen molar-refractivity contribution in [1.29, 1.82) is 0 Å². The normalized spacial score (nSPS) is 14.1. The Kier molecular flexibility index (Phi) is 6.22. The van der Waals surface area contributed by atoms with Crippen molar-refractivity contribution in [2.75, 3.05) is 5.32 Å². The Morgan fingerprint density at radius 1 is 0.902 bits per heavy atom. The molecule has 7 rings (SSSR count). The van der Waals surface area contributed by atoms with E-state index in [0.29, 0.717) is 56.1 Å². The second-order valence-electron chi connectivity index (χ2n) is 10.4. The van der Waals surface area contributed by atoms with Crippen LogP contribution in [-0.2, 0) is 4.79 Å². The number of hydrogen-bond acceptors (Lipinski definition) is 5. The zero-order valence-electron chi connectivity index (χ0n) is 21.9. The summed E-state index contributed by atoms with van der Waals surface area (Å²) in [6.45, 7) is 0. The number of carbonyl (C=O) groups excluding carboxylic acids is 1. The average Bonchev–Trinajstić information content (AvgIpc) is 3.63. The molecule has 3 N–H and O–H groups in total. The van der Waals surface area contributed by atoms with Crippen LogP contribution in [-0.4, -0.2) is 36.0 Å². The van der Waals surface area contributed by atoms with Gasteiger partial charge in [-0.1, -0.05) is 19.3 Å². The molecule has 0 saturated heterocycles. The first-order chi connectivity index (χ1) is 20.0. The van der Waals surface area contributed by atoms with Crippen LogP contribution in [0.5, 0.6) is 0 Å². The number of aromatic nitrogens is 6. The largest absolute Gasteiger partial charge is 0.336 e. The summed E-state index contributed by atoms with van der Waals surface area (Å²) in [5.74, 6) is -0.482. The molecule has 6 aromatic rings. The molecule has 41 heavy (non-hydrogen) atoms. The fourth-order valence-corrected chi connectivity index (χ4v) is 5.60. The summed E-state index contributed by atoms with van der Waals surface area (Å²) in [7, 11) is 0. The molecule has 10 heteroatoms. The van der Waals surface area contributed by atoms with Gasteiger partial charge in [-0.3, -0.25) is 19.9 Å². The second-order valence-corrected chi connectivity index (χ2v) is 10.4. The molecule has 1 fully saturated rings. The molecule has 4 aromatic heterocycles. The Balaban J connectivity index is 1.26. The summed E-state index contributed by atoms with van der Waals surface area (Å²) in [5, 5.41) is 10.5. The molecule has 0 atom stereocenters. The number of nitrogens with zero attached hydrogens (tertiary/aromatic N) is 4. The van der Waals surface area contributed by atoms with Crippen molar-refractivity contribution in [2.45, 2.75) is 32.1 Å². The summed E-state index contributed by atoms with van der Waals surface area (Å²) in [5.41, 5.74) is 4.74. The number of halogens is 2. The van der Waals surface area contributed by atoms with Crippen molar-refractivity contribution in [3.63, 3.8) is 0 Å². The van der Waals surface area contributed by atoms with Gasteiger partial charge >= 0.3 is 0 Å². The molecular weight excluding hydrogens is 524 g/mol. The van der Waals surface area contributed by atoms with Crippen molar-refractivity contribution >= 4 is 33.5 Å². The van der Waals surface area contributed by atoms with E-state index in [1.807, 2.05) is 0 Å². The van der Waals surface area contributed by atoms with Crippen LogP contribution in [0.15, 0.2) is 67.1 Å². The van der Waals surface area contributed by atoms with Gasteiger partial charge in [-0.25, -0.2) is 13.8 Å². The lowest BCUT2D eigenvalue weighted by molar-refractivity contribution is -0.120. The number of rotatable bonds is 5. The highest BCUT2D eigenvalue weighted by molar-refractivity contribution is 5.98. The number of H-pyrrole nitrogens is 2. The van der Waals surface area contributed by atoms with Gasteiger partial charge in [0.05, 0.1) is 34.0 Å². The molecule has 1 aliphatic rings. The molecule has 0 aliphatic heterocycles. The highest BCUT2D eigenvalue weighted by atomic mass is 19.1. The lowest BCUT2D eigenvalue weighted by Crippen LogP contribution is -2.24. The van der Waals surface area contributed by atoms with E-state index in [1.165, 1.54) is 18.6 Å². The van der Waals surface area contributed by atoms with E-state index in [4.69, 9.17) is 4.98 Å². The van der Waals surface area contributed by atoms with Crippen LogP contribution in [0.4, 0.5) is 14.5 Å². The van der Waals surface area contributed by atoms with E-state index in [9.17, 15) is 9.18 Å². The SMILES string of the molecule is O=C(Nc1cncc(-c2ccc3[nH]nc(-c4nc5c(-c6ccc(F)cc6)nccc5[nH]4)c3c2F)c1)C1CCCCC1. The number of nitrogens with one attached hydrogen (secondary N) is 3. The number of imidazole rings is 1. The Morgan fingerprint density at radius 3 is 2.56 bits per heavy atom. The van der Waals surface area contributed by atoms with E-state index in [2.05, 4.69) is 30.5 Å². The first-order valence-electron chi connectivity index (χ1n) is 13.6. The van der Waals surface area contributed by atoms with Crippen LogP contribution < -0.4 is 5.32 Å². The number of fused-ring (bicyclic) bond motifs is 2. The van der Waals surface area contributed by atoms with Crippen molar-refractivity contribution in [3.8, 4) is 33.9 Å². The fourth-order valence-electron chi connectivity index (χ4n) is 5.60. The number of hydrogen-bond donors (Lipinski definition) is 3. The topological polar surface area (TPSA) is 112 Å². The van der Waals surface area contributed by atoms with Gasteiger partial charge in [0.25, 0.3) is 0 Å². The molecule has 0 spiro atoms. The minimum atomic E-state index is -0.485. The molecule has 2 aromatic carbocycles. The van der Waals surface area contributed by atoms with Crippen LogP contribution in [0, 0.1) is 17.6 Å². The predicted molar refractivity (Wildman–Crippen MR) is 153 cm³/mol. The number of anilines is 1. The van der Waals surface area contributed by atoms with Crippen molar-refractivity contribution in [1.82, 2.24) is 30.1 Å². The molecule has 1 amide bonds.